The Balaban J connectivity index is 0.00000400. The van der Waals surface area contributed by atoms with Crippen LogP contribution in [0.1, 0.15) is 13.3 Å². The molecule has 0 aromatic heterocycles. The van der Waals surface area contributed by atoms with Crippen LogP contribution in [0.15, 0.2) is 35.3 Å². The number of ether oxygens (including phenoxy) is 1. The molecule has 0 bridgehead atoms. The number of benzene rings is 1. The van der Waals surface area contributed by atoms with Crippen molar-refractivity contribution in [3.63, 3.8) is 0 Å². The van der Waals surface area contributed by atoms with Crippen LogP contribution in [0.5, 0.6) is 0 Å². The van der Waals surface area contributed by atoms with E-state index in [2.05, 4.69) is 40.0 Å². The monoisotopic (exact) mass is 406 g/mol. The molecule has 0 fully saturated rings. The fraction of sp³-hybridized carbons (Fsp3) is 0.533. The molecule has 120 valence electrons. The lowest BCUT2D eigenvalue weighted by Gasteiger charge is -2.11. The summed E-state index contributed by atoms with van der Waals surface area (Å²) in [5.41, 5.74) is 1.15. The van der Waals surface area contributed by atoms with E-state index in [0.29, 0.717) is 6.61 Å². The van der Waals surface area contributed by atoms with E-state index in [-0.39, 0.29) is 24.0 Å². The van der Waals surface area contributed by atoms with Crippen LogP contribution >= 0.6 is 24.0 Å². The van der Waals surface area contributed by atoms with Gasteiger partial charge in [-0.3, -0.25) is 4.99 Å². The van der Waals surface area contributed by atoms with E-state index in [1.54, 1.807) is 7.11 Å². The van der Waals surface area contributed by atoms with Gasteiger partial charge in [-0.05, 0) is 25.5 Å². The topological polar surface area (TPSA) is 57.7 Å². The van der Waals surface area contributed by atoms with Gasteiger partial charge in [-0.25, -0.2) is 0 Å². The number of anilines is 1. The maximum Gasteiger partial charge on any atom is 0.191 e. The van der Waals surface area contributed by atoms with Crippen LogP contribution < -0.4 is 16.0 Å². The van der Waals surface area contributed by atoms with Crippen LogP contribution in [0.2, 0.25) is 0 Å². The predicted octanol–water partition coefficient (Wildman–Crippen LogP) is 2.31. The molecule has 0 saturated carbocycles. The van der Waals surface area contributed by atoms with E-state index >= 15 is 0 Å². The van der Waals surface area contributed by atoms with Crippen LogP contribution in [0, 0.1) is 0 Å². The number of guanidine groups is 1. The van der Waals surface area contributed by atoms with E-state index in [1.807, 2.05) is 18.2 Å². The van der Waals surface area contributed by atoms with Gasteiger partial charge in [0.2, 0.25) is 0 Å². The van der Waals surface area contributed by atoms with Crippen molar-refractivity contribution in [3.05, 3.63) is 30.3 Å². The lowest BCUT2D eigenvalue weighted by molar-refractivity contribution is 0.203. The second-order valence-electron chi connectivity index (χ2n) is 4.33. The van der Waals surface area contributed by atoms with Crippen LogP contribution in [0.4, 0.5) is 5.69 Å². The molecule has 0 aliphatic carbocycles. The van der Waals surface area contributed by atoms with Crippen molar-refractivity contribution in [2.24, 2.45) is 4.99 Å². The molecular formula is C15H27IN4O. The Hall–Kier alpha value is -1.02. The Morgan fingerprint density at radius 2 is 1.90 bits per heavy atom. The van der Waals surface area contributed by atoms with Crippen molar-refractivity contribution in [3.8, 4) is 0 Å². The first kappa shape index (κ1) is 20.0. The predicted molar refractivity (Wildman–Crippen MR) is 101 cm³/mol. The molecule has 3 N–H and O–H groups in total. The van der Waals surface area contributed by atoms with E-state index in [4.69, 9.17) is 4.74 Å². The maximum atomic E-state index is 5.01. The van der Waals surface area contributed by atoms with Crippen molar-refractivity contribution in [2.45, 2.75) is 13.3 Å². The van der Waals surface area contributed by atoms with E-state index in [9.17, 15) is 0 Å². The summed E-state index contributed by atoms with van der Waals surface area (Å²) in [6.07, 6.45) is 0.996. The molecule has 0 aliphatic heterocycles. The summed E-state index contributed by atoms with van der Waals surface area (Å²) in [7, 11) is 1.70. The average Bonchev–Trinajstić information content (AvgIpc) is 2.48. The number of hydrogen-bond donors (Lipinski definition) is 3. The van der Waals surface area contributed by atoms with Crippen molar-refractivity contribution in [2.75, 3.05) is 45.2 Å². The highest BCUT2D eigenvalue weighted by Gasteiger charge is 1.95. The van der Waals surface area contributed by atoms with E-state index < -0.39 is 0 Å². The number of methoxy groups -OCH3 is 1. The number of rotatable bonds is 9. The van der Waals surface area contributed by atoms with Crippen LogP contribution in [0.3, 0.4) is 0 Å². The van der Waals surface area contributed by atoms with Crippen molar-refractivity contribution in [1.82, 2.24) is 10.6 Å². The summed E-state index contributed by atoms with van der Waals surface area (Å²) in [6.45, 7) is 6.09. The summed E-state index contributed by atoms with van der Waals surface area (Å²) >= 11 is 0. The Kier molecular flexibility index (Phi) is 13.3. The third kappa shape index (κ3) is 10.4. The SMILES string of the molecule is CCNC(=NCCCNc1ccccc1)NCCOC.I. The Labute approximate surface area is 145 Å². The number of hydrogen-bond acceptors (Lipinski definition) is 3. The van der Waals surface area contributed by atoms with Gasteiger partial charge in [-0.1, -0.05) is 18.2 Å². The van der Waals surface area contributed by atoms with Gasteiger partial charge in [0, 0.05) is 39.0 Å². The van der Waals surface area contributed by atoms with Crippen LogP contribution in [-0.2, 0) is 4.74 Å². The first-order chi connectivity index (χ1) is 9.86. The number of halogens is 1. The minimum absolute atomic E-state index is 0. The average molecular weight is 406 g/mol. The largest absolute Gasteiger partial charge is 0.385 e. The van der Waals surface area contributed by atoms with Gasteiger partial charge in [-0.2, -0.15) is 0 Å². The van der Waals surface area contributed by atoms with Gasteiger partial charge >= 0.3 is 0 Å². The molecule has 5 nitrogen and oxygen atoms in total. The highest BCUT2D eigenvalue weighted by Crippen LogP contribution is 2.04. The van der Waals surface area contributed by atoms with Gasteiger partial charge in [0.25, 0.3) is 0 Å². The number of aliphatic imine (C=N–C) groups is 1. The molecule has 0 heterocycles. The zero-order chi connectivity index (χ0) is 14.5. The fourth-order valence-corrected chi connectivity index (χ4v) is 1.67. The molecular weight excluding hydrogens is 379 g/mol. The summed E-state index contributed by atoms with van der Waals surface area (Å²) in [5.74, 6) is 0.851. The molecule has 6 heteroatoms. The van der Waals surface area contributed by atoms with E-state index in [1.165, 1.54) is 0 Å². The van der Waals surface area contributed by atoms with Crippen molar-refractivity contribution >= 4 is 35.6 Å². The van der Waals surface area contributed by atoms with Crippen molar-refractivity contribution in [1.29, 1.82) is 0 Å². The smallest absolute Gasteiger partial charge is 0.191 e. The Bertz CT molecular complexity index is 373. The fourth-order valence-electron chi connectivity index (χ4n) is 1.67. The lowest BCUT2D eigenvalue weighted by atomic mass is 10.3. The standard InChI is InChI=1S/C15H26N4O.HI/c1-3-16-15(19-12-13-20-2)18-11-7-10-17-14-8-5-4-6-9-14;/h4-6,8-9,17H,3,7,10-13H2,1-2H3,(H2,16,18,19);1H. The van der Waals surface area contributed by atoms with Gasteiger partial charge < -0.3 is 20.7 Å². The lowest BCUT2D eigenvalue weighted by Crippen LogP contribution is -2.39. The molecule has 1 aromatic rings. The molecule has 1 rings (SSSR count). The first-order valence-electron chi connectivity index (χ1n) is 7.17. The molecule has 0 atom stereocenters. The van der Waals surface area contributed by atoms with Gasteiger partial charge in [-0.15, -0.1) is 24.0 Å². The zero-order valence-corrected chi connectivity index (χ0v) is 15.2. The summed E-state index contributed by atoms with van der Waals surface area (Å²) in [4.78, 5) is 4.52. The van der Waals surface area contributed by atoms with E-state index in [0.717, 1.165) is 44.2 Å². The minimum atomic E-state index is 0. The number of nitrogens with one attached hydrogen (secondary N) is 3. The molecule has 0 amide bonds. The number of nitrogens with zero attached hydrogens (tertiary/aromatic N) is 1. The highest BCUT2D eigenvalue weighted by atomic mass is 127. The Morgan fingerprint density at radius 1 is 1.14 bits per heavy atom. The second-order valence-corrected chi connectivity index (χ2v) is 4.33. The molecule has 0 unspecified atom stereocenters. The quantitative estimate of drug-likeness (QED) is 0.255. The van der Waals surface area contributed by atoms with Gasteiger partial charge in [0.1, 0.15) is 0 Å². The molecule has 0 aliphatic rings. The molecule has 0 radical (unpaired) electrons. The summed E-state index contributed by atoms with van der Waals surface area (Å²) in [6, 6.07) is 10.2. The molecule has 1 aromatic carbocycles. The Morgan fingerprint density at radius 3 is 2.57 bits per heavy atom. The highest BCUT2D eigenvalue weighted by molar-refractivity contribution is 14.0. The third-order valence-corrected chi connectivity index (χ3v) is 2.65. The van der Waals surface area contributed by atoms with Crippen LogP contribution in [-0.4, -0.2) is 45.9 Å². The van der Waals surface area contributed by atoms with Crippen molar-refractivity contribution < 1.29 is 4.74 Å². The minimum Gasteiger partial charge on any atom is -0.385 e. The maximum absolute atomic E-state index is 5.01. The zero-order valence-electron chi connectivity index (χ0n) is 12.9. The summed E-state index contributed by atoms with van der Waals surface area (Å²) in [5, 5.41) is 9.81. The van der Waals surface area contributed by atoms with Gasteiger partial charge in [0.05, 0.1) is 6.61 Å². The molecule has 0 spiro atoms. The third-order valence-electron chi connectivity index (χ3n) is 2.65. The molecule has 21 heavy (non-hydrogen) atoms. The van der Waals surface area contributed by atoms with Crippen LogP contribution in [0.25, 0.3) is 0 Å². The molecule has 0 saturated heterocycles. The summed E-state index contributed by atoms with van der Waals surface area (Å²) < 4.78 is 5.01. The number of para-hydroxylation sites is 1. The second kappa shape index (κ2) is 13.9. The normalized spacial score (nSPS) is 10.7. The van der Waals surface area contributed by atoms with Gasteiger partial charge in [0.15, 0.2) is 5.96 Å². The first-order valence-corrected chi connectivity index (χ1v) is 7.17.